The number of nitrogens with zero attached hydrogens (tertiary/aromatic N) is 18. The first-order chi connectivity index (χ1) is 63.5. The summed E-state index contributed by atoms with van der Waals surface area (Å²) in [7, 11) is 12.6. The van der Waals surface area contributed by atoms with Gasteiger partial charge in [0.05, 0.1) is 59.4 Å². The molecule has 26 nitrogen and oxygen atoms in total. The van der Waals surface area contributed by atoms with Crippen molar-refractivity contribution in [2.45, 2.75) is 6.92 Å². The molecule has 0 saturated heterocycles. The Kier molecular flexibility index (Phi) is 27.8. The first-order valence-corrected chi connectivity index (χ1v) is 44.9. The van der Waals surface area contributed by atoms with Crippen LogP contribution in [0.2, 0.25) is 0 Å². The standard InChI is InChI=1S/C26H25N5OS.C25H21N5OS.2C24H22N6OS/c1-17-9-11-19(12-10-17)22-20(18-7-5-4-6-8-18)21-23(27-14-16-32-3)29-24(30-26(21)33-22)25-28-13-15-31(25)2;1-31-16-15-28-24-21-20(18-11-5-7-13-26-18)22(17-9-3-2-4-10-17)32-25(21)30-23(29-24)19-12-6-8-14-27-19;1-30-14-12-27-23(30)22-28-21(26-13-15-31-2)19-18(17-10-6-7-11-25-17)20(32-24(19)29-22)16-8-4-3-5-9-16;1-30-14-12-27-23(30)22-28-21(26-13-15-31-2)19-18(16-8-10-25-11-9-16)20(32-24(19)29-22)17-6-4-3-5-7-17/h4-13,15H,14,16H2,1-3H3,(H,27,29,30);2-14H,15-16H2,1H3,(H,28,29,30);2*3-12,14H,13,15H2,1-2H3,(H,26,28,29). The fourth-order valence-electron chi connectivity index (χ4n) is 14.7. The van der Waals surface area contributed by atoms with E-state index in [9.17, 15) is 0 Å². The number of nitrogens with one attached hydrogen (secondary N) is 4. The van der Waals surface area contributed by atoms with E-state index in [1.165, 1.54) is 16.0 Å². The number of methoxy groups -OCH3 is 4. The van der Waals surface area contributed by atoms with E-state index in [-0.39, 0.29) is 0 Å². The zero-order valence-corrected chi connectivity index (χ0v) is 75.3. The Labute approximate surface area is 761 Å². The molecule has 644 valence electrons. The largest absolute Gasteiger partial charge is 0.383 e. The summed E-state index contributed by atoms with van der Waals surface area (Å²) in [5.74, 6) is 7.62. The van der Waals surface area contributed by atoms with Gasteiger partial charge in [0.25, 0.3) is 0 Å². The third-order valence-electron chi connectivity index (χ3n) is 20.9. The Bertz CT molecular complexity index is 6900. The first-order valence-electron chi connectivity index (χ1n) is 41.7. The molecule has 20 rings (SSSR count). The Morgan fingerprint density at radius 1 is 0.271 bits per heavy atom. The molecule has 0 aliphatic carbocycles. The minimum absolute atomic E-state index is 0.567. The number of pyridine rings is 4. The molecule has 0 aliphatic heterocycles. The van der Waals surface area contributed by atoms with Gasteiger partial charge in [0, 0.05) is 186 Å². The zero-order valence-electron chi connectivity index (χ0n) is 72.0. The van der Waals surface area contributed by atoms with Crippen molar-refractivity contribution in [3.05, 3.63) is 286 Å². The van der Waals surface area contributed by atoms with Crippen molar-refractivity contribution in [2.75, 3.05) is 102 Å². The molecule has 129 heavy (non-hydrogen) atoms. The molecule has 0 atom stereocenters. The van der Waals surface area contributed by atoms with Crippen LogP contribution in [-0.4, -0.2) is 170 Å². The number of fused-ring (bicyclic) bond motifs is 4. The maximum atomic E-state index is 5.28. The molecular formula is C99H90N22O4S4. The van der Waals surface area contributed by atoms with Crippen LogP contribution in [0.5, 0.6) is 0 Å². The zero-order chi connectivity index (χ0) is 88.4. The van der Waals surface area contributed by atoms with Crippen LogP contribution in [0.4, 0.5) is 23.3 Å². The second-order valence-corrected chi connectivity index (χ2v) is 33.5. The topological polar surface area (TPSA) is 293 Å². The fraction of sp³-hybridized carbons (Fsp3) is 0.162. The number of hydrogen-bond donors (Lipinski definition) is 4. The first kappa shape index (κ1) is 86.6. The molecule has 0 spiro atoms. The minimum Gasteiger partial charge on any atom is -0.383 e. The molecule has 15 heterocycles. The molecule has 0 fully saturated rings. The van der Waals surface area contributed by atoms with Gasteiger partial charge in [-0.25, -0.2) is 54.8 Å². The summed E-state index contributed by atoms with van der Waals surface area (Å²) in [4.78, 5) is 78.9. The van der Waals surface area contributed by atoms with Crippen LogP contribution < -0.4 is 21.3 Å². The quantitative estimate of drug-likeness (QED) is 0.0331. The molecule has 20 aromatic rings. The van der Waals surface area contributed by atoms with Gasteiger partial charge < -0.3 is 53.9 Å². The molecule has 4 N–H and O–H groups in total. The van der Waals surface area contributed by atoms with Crippen LogP contribution in [0, 0.1) is 6.92 Å². The molecule has 0 bridgehead atoms. The molecule has 0 amide bonds. The molecule has 0 unspecified atom stereocenters. The van der Waals surface area contributed by atoms with E-state index in [0.717, 1.165) is 163 Å². The van der Waals surface area contributed by atoms with Crippen LogP contribution in [0.25, 0.3) is 174 Å². The SMILES string of the molecule is COCCNc1nc(-c2ccccn2)nc2sc(-c3ccccc3)c(-c3ccccn3)c12.COCCNc1nc(-c2nccn2C)nc2sc(-c3ccc(C)cc3)c(-c3ccccc3)c12.COCCNc1nc(-c2nccn2C)nc2sc(-c3ccccc3)c(-c3ccccn3)c12.COCCNc1nc(-c2nccn2C)nc2sc(-c3ccccc3)c(-c3ccncc3)c12. The molecule has 0 aliphatic rings. The van der Waals surface area contributed by atoms with Gasteiger partial charge in [0.2, 0.25) is 0 Å². The van der Waals surface area contributed by atoms with Gasteiger partial charge >= 0.3 is 0 Å². The van der Waals surface area contributed by atoms with Crippen molar-refractivity contribution in [3.8, 4) is 133 Å². The lowest BCUT2D eigenvalue weighted by Gasteiger charge is -2.11. The number of benzene rings is 5. The van der Waals surface area contributed by atoms with E-state index in [1.807, 2.05) is 193 Å². The van der Waals surface area contributed by atoms with Crippen molar-refractivity contribution < 1.29 is 18.9 Å². The summed E-state index contributed by atoms with van der Waals surface area (Å²) < 4.78 is 26.8. The Morgan fingerprint density at radius 2 is 0.558 bits per heavy atom. The molecule has 30 heteroatoms. The van der Waals surface area contributed by atoms with Crippen molar-refractivity contribution >= 4 is 109 Å². The predicted octanol–water partition coefficient (Wildman–Crippen LogP) is 21.1. The molecular weight excluding hydrogens is 1690 g/mol. The van der Waals surface area contributed by atoms with Gasteiger partial charge in [-0.05, 0) is 88.8 Å². The van der Waals surface area contributed by atoms with E-state index in [1.54, 1.807) is 98.6 Å². The smallest absolute Gasteiger partial charge is 0.199 e. The summed E-state index contributed by atoms with van der Waals surface area (Å²) in [6.07, 6.45) is 20.0. The van der Waals surface area contributed by atoms with Gasteiger partial charge in [-0.3, -0.25) is 19.9 Å². The average Bonchev–Trinajstić information content (AvgIpc) is 1.58. The number of rotatable bonds is 28. The van der Waals surface area contributed by atoms with Gasteiger partial charge in [-0.15, -0.1) is 45.3 Å². The molecule has 15 aromatic heterocycles. The van der Waals surface area contributed by atoms with Crippen molar-refractivity contribution in [3.63, 3.8) is 0 Å². The van der Waals surface area contributed by atoms with Crippen LogP contribution in [0.1, 0.15) is 5.56 Å². The maximum Gasteiger partial charge on any atom is 0.199 e. The monoisotopic (exact) mass is 1780 g/mol. The molecule has 0 radical (unpaired) electrons. The number of aromatic nitrogens is 18. The number of ether oxygens (including phenoxy) is 4. The lowest BCUT2D eigenvalue weighted by molar-refractivity contribution is 0.210. The molecule has 5 aromatic carbocycles. The van der Waals surface area contributed by atoms with Crippen molar-refractivity contribution in [1.29, 1.82) is 0 Å². The maximum absolute atomic E-state index is 5.28. The van der Waals surface area contributed by atoms with Gasteiger partial charge in [-0.2, -0.15) is 0 Å². The van der Waals surface area contributed by atoms with E-state index in [0.29, 0.717) is 75.9 Å². The van der Waals surface area contributed by atoms with E-state index in [2.05, 4.69) is 160 Å². The lowest BCUT2D eigenvalue weighted by Crippen LogP contribution is -2.10. The van der Waals surface area contributed by atoms with Crippen molar-refractivity contribution in [2.24, 2.45) is 21.1 Å². The number of imidazole rings is 3. The van der Waals surface area contributed by atoms with E-state index >= 15 is 0 Å². The Morgan fingerprint density at radius 3 is 0.876 bits per heavy atom. The Hall–Kier alpha value is -14.5. The van der Waals surface area contributed by atoms with E-state index in [4.69, 9.17) is 58.8 Å². The van der Waals surface area contributed by atoms with Gasteiger partial charge in [0.15, 0.2) is 40.8 Å². The summed E-state index contributed by atoms with van der Waals surface area (Å²) in [6.45, 7) is 6.93. The lowest BCUT2D eigenvalue weighted by atomic mass is 9.99. The second-order valence-electron chi connectivity index (χ2n) is 29.5. The highest BCUT2D eigenvalue weighted by molar-refractivity contribution is 7.24. The normalized spacial score (nSPS) is 11.2. The summed E-state index contributed by atoms with van der Waals surface area (Å²) in [5.41, 5.74) is 14.8. The van der Waals surface area contributed by atoms with Crippen LogP contribution >= 0.6 is 45.3 Å². The number of thiophene rings is 4. The summed E-state index contributed by atoms with van der Waals surface area (Å²) in [5, 5.41) is 17.8. The second kappa shape index (κ2) is 41.3. The van der Waals surface area contributed by atoms with Crippen molar-refractivity contribution in [1.82, 2.24) is 88.5 Å². The minimum atomic E-state index is 0.567. The fourth-order valence-corrected chi connectivity index (χ4v) is 19.5. The number of aryl methyl sites for hydroxylation is 4. The highest BCUT2D eigenvalue weighted by Gasteiger charge is 2.29. The van der Waals surface area contributed by atoms with Crippen LogP contribution in [0.3, 0.4) is 0 Å². The molecule has 0 saturated carbocycles. The third kappa shape index (κ3) is 19.4. The van der Waals surface area contributed by atoms with E-state index < -0.39 is 0 Å². The van der Waals surface area contributed by atoms with Crippen LogP contribution in [0.15, 0.2) is 280 Å². The average molecular weight is 1780 g/mol. The third-order valence-corrected chi connectivity index (χ3v) is 25.4. The predicted molar refractivity (Wildman–Crippen MR) is 523 cm³/mol. The Balaban J connectivity index is 0.000000121. The van der Waals surface area contributed by atoms with Gasteiger partial charge in [0.1, 0.15) is 48.3 Å². The summed E-state index contributed by atoms with van der Waals surface area (Å²) >= 11 is 6.64. The highest BCUT2D eigenvalue weighted by atomic mass is 32.1. The number of hydrogen-bond acceptors (Lipinski definition) is 27. The number of anilines is 4. The van der Waals surface area contributed by atoms with Gasteiger partial charge in [-0.1, -0.05) is 169 Å². The highest BCUT2D eigenvalue weighted by Crippen LogP contribution is 2.52. The summed E-state index contributed by atoms with van der Waals surface area (Å²) in [6, 6.07) is 71.9. The van der Waals surface area contributed by atoms with Crippen LogP contribution in [-0.2, 0) is 40.1 Å².